The monoisotopic (exact) mass is 258 g/mol. The van der Waals surface area contributed by atoms with E-state index < -0.39 is 5.41 Å². The minimum absolute atomic E-state index is 0.172. The second kappa shape index (κ2) is 5.00. The van der Waals surface area contributed by atoms with Crippen LogP contribution in [-0.2, 0) is 11.3 Å². The van der Waals surface area contributed by atoms with Gasteiger partial charge in [0.15, 0.2) is 5.84 Å². The molecule has 0 unspecified atom stereocenters. The predicted octanol–water partition coefficient (Wildman–Crippen LogP) is -0.175. The maximum absolute atomic E-state index is 11.8. The molecule has 7 nitrogen and oxygen atoms in total. The molecule has 5 N–H and O–H groups in total. The lowest BCUT2D eigenvalue weighted by atomic mass is 9.91. The number of amides is 1. The summed E-state index contributed by atoms with van der Waals surface area (Å²) < 4.78 is 0. The second-order valence-corrected chi connectivity index (χ2v) is 4.81. The molecule has 0 aromatic carbocycles. The van der Waals surface area contributed by atoms with Gasteiger partial charge in [0, 0.05) is 11.1 Å². The average molecular weight is 258 g/mol. The van der Waals surface area contributed by atoms with Crippen molar-refractivity contribution in [2.75, 3.05) is 0 Å². The van der Waals surface area contributed by atoms with Crippen molar-refractivity contribution in [1.29, 1.82) is 0 Å². The van der Waals surface area contributed by atoms with Crippen LogP contribution in [0, 0.1) is 5.41 Å². The van der Waals surface area contributed by atoms with Crippen molar-refractivity contribution in [2.24, 2.45) is 16.3 Å². The Morgan fingerprint density at radius 1 is 1.71 bits per heavy atom. The molecular weight excluding hydrogens is 244 g/mol. The highest BCUT2D eigenvalue weighted by molar-refractivity contribution is 7.07. The number of rotatable bonds is 4. The van der Waals surface area contributed by atoms with E-state index in [-0.39, 0.29) is 23.2 Å². The van der Waals surface area contributed by atoms with Gasteiger partial charge in [-0.05, 0) is 13.8 Å². The molecule has 1 amide bonds. The van der Waals surface area contributed by atoms with Crippen molar-refractivity contribution < 1.29 is 10.0 Å². The van der Waals surface area contributed by atoms with Crippen LogP contribution in [0.1, 0.15) is 19.5 Å². The summed E-state index contributed by atoms with van der Waals surface area (Å²) in [6.45, 7) is 3.27. The van der Waals surface area contributed by atoms with Gasteiger partial charge in [-0.15, -0.1) is 0 Å². The highest BCUT2D eigenvalue weighted by Gasteiger charge is 2.32. The van der Waals surface area contributed by atoms with Gasteiger partial charge in [-0.25, -0.2) is 0 Å². The summed E-state index contributed by atoms with van der Waals surface area (Å²) in [4.78, 5) is 25.0. The first-order valence-electron chi connectivity index (χ1n) is 4.81. The molecule has 0 atom stereocenters. The summed E-state index contributed by atoms with van der Waals surface area (Å²) in [5.41, 5.74) is 4.92. The first kappa shape index (κ1) is 13.2. The van der Waals surface area contributed by atoms with E-state index in [2.05, 4.69) is 15.5 Å². The van der Waals surface area contributed by atoms with Crippen molar-refractivity contribution >= 4 is 23.1 Å². The minimum Gasteiger partial charge on any atom is -0.409 e. The lowest BCUT2D eigenvalue weighted by molar-refractivity contribution is -0.126. The Labute approximate surface area is 101 Å². The molecule has 1 aromatic rings. The zero-order valence-electron chi connectivity index (χ0n) is 9.48. The van der Waals surface area contributed by atoms with Crippen molar-refractivity contribution in [1.82, 2.24) is 10.3 Å². The molecule has 0 aliphatic rings. The van der Waals surface area contributed by atoms with Crippen LogP contribution in [0.15, 0.2) is 15.3 Å². The smallest absolute Gasteiger partial charge is 0.304 e. The van der Waals surface area contributed by atoms with Gasteiger partial charge in [-0.2, -0.15) is 0 Å². The van der Waals surface area contributed by atoms with Gasteiger partial charge in [0.2, 0.25) is 5.91 Å². The van der Waals surface area contributed by atoms with Gasteiger partial charge >= 0.3 is 4.87 Å². The van der Waals surface area contributed by atoms with E-state index in [9.17, 15) is 9.59 Å². The number of aromatic amines is 1. The molecule has 0 radical (unpaired) electrons. The Bertz CT molecular complexity index is 488. The second-order valence-electron chi connectivity index (χ2n) is 3.97. The Kier molecular flexibility index (Phi) is 3.89. The third kappa shape index (κ3) is 3.06. The van der Waals surface area contributed by atoms with E-state index in [1.807, 2.05) is 0 Å². The van der Waals surface area contributed by atoms with Crippen LogP contribution in [0.3, 0.4) is 0 Å². The summed E-state index contributed by atoms with van der Waals surface area (Å²) in [6, 6.07) is 0. The van der Waals surface area contributed by atoms with E-state index in [4.69, 9.17) is 10.9 Å². The standard InChI is InChI=1S/C9H14N4O3S/c1-9(2,6(10)13-16)7(14)11-3-5-4-17-8(15)12-5/h4,16H,3H2,1-2H3,(H2,10,13)(H,11,14)(H,12,15). The summed E-state index contributed by atoms with van der Waals surface area (Å²) in [7, 11) is 0. The molecule has 0 aliphatic heterocycles. The maximum Gasteiger partial charge on any atom is 0.304 e. The van der Waals surface area contributed by atoms with E-state index in [1.54, 1.807) is 5.38 Å². The molecule has 17 heavy (non-hydrogen) atoms. The lowest BCUT2D eigenvalue weighted by Gasteiger charge is -2.21. The van der Waals surface area contributed by atoms with Crippen molar-refractivity contribution in [2.45, 2.75) is 20.4 Å². The van der Waals surface area contributed by atoms with Gasteiger partial charge in [0.25, 0.3) is 0 Å². The summed E-state index contributed by atoms with van der Waals surface area (Å²) in [5.74, 6) is -0.561. The number of nitrogens with two attached hydrogens (primary N) is 1. The Morgan fingerprint density at radius 3 is 2.82 bits per heavy atom. The molecule has 8 heteroatoms. The fourth-order valence-corrected chi connectivity index (χ4v) is 1.62. The van der Waals surface area contributed by atoms with Crippen LogP contribution >= 0.6 is 11.3 Å². The van der Waals surface area contributed by atoms with Crippen LogP contribution in [0.2, 0.25) is 0 Å². The molecule has 0 bridgehead atoms. The van der Waals surface area contributed by atoms with Crippen LogP contribution in [0.5, 0.6) is 0 Å². The van der Waals surface area contributed by atoms with Crippen LogP contribution in [0.4, 0.5) is 0 Å². The summed E-state index contributed by atoms with van der Waals surface area (Å²) in [5, 5.41) is 15.6. The van der Waals surface area contributed by atoms with Crippen LogP contribution in [-0.4, -0.2) is 21.9 Å². The fourth-order valence-electron chi connectivity index (χ4n) is 1.04. The van der Waals surface area contributed by atoms with Gasteiger partial charge in [0.1, 0.15) is 5.41 Å². The zero-order chi connectivity index (χ0) is 13.1. The molecule has 1 rings (SSSR count). The number of H-pyrrole nitrogens is 1. The van der Waals surface area contributed by atoms with Crippen LogP contribution in [0.25, 0.3) is 0 Å². The number of carbonyl (C=O) groups excluding carboxylic acids is 1. The third-order valence-electron chi connectivity index (χ3n) is 2.33. The SMILES string of the molecule is CC(C)(C(=O)NCc1csc(=O)[nH]1)C(N)=NO. The minimum atomic E-state index is -1.11. The topological polar surface area (TPSA) is 121 Å². The lowest BCUT2D eigenvalue weighted by Crippen LogP contribution is -2.45. The largest absolute Gasteiger partial charge is 0.409 e. The quantitative estimate of drug-likeness (QED) is 0.259. The fraction of sp³-hybridized carbons (Fsp3) is 0.444. The van der Waals surface area contributed by atoms with E-state index in [0.29, 0.717) is 5.69 Å². The molecule has 1 heterocycles. The highest BCUT2D eigenvalue weighted by Crippen LogP contribution is 2.15. The number of nitrogens with one attached hydrogen (secondary N) is 2. The Hall–Kier alpha value is -1.83. The predicted molar refractivity (Wildman–Crippen MR) is 64.0 cm³/mol. The first-order valence-corrected chi connectivity index (χ1v) is 5.69. The maximum atomic E-state index is 11.8. The third-order valence-corrected chi connectivity index (χ3v) is 3.04. The van der Waals surface area contributed by atoms with Crippen molar-refractivity contribution in [3.8, 4) is 0 Å². The highest BCUT2D eigenvalue weighted by atomic mass is 32.1. The number of oxime groups is 1. The Morgan fingerprint density at radius 2 is 2.35 bits per heavy atom. The number of carbonyl (C=O) groups is 1. The molecule has 1 aromatic heterocycles. The molecule has 0 spiro atoms. The van der Waals surface area contributed by atoms with Crippen molar-refractivity contribution in [3.05, 3.63) is 20.7 Å². The number of thiazole rings is 1. The molecule has 0 aliphatic carbocycles. The molecular formula is C9H14N4O3S. The van der Waals surface area contributed by atoms with Gasteiger partial charge in [0.05, 0.1) is 6.54 Å². The van der Waals surface area contributed by atoms with Gasteiger partial charge < -0.3 is 21.2 Å². The normalized spacial score (nSPS) is 12.5. The number of amidine groups is 1. The average Bonchev–Trinajstić information content (AvgIpc) is 2.70. The van der Waals surface area contributed by atoms with Gasteiger partial charge in [-0.1, -0.05) is 16.5 Å². The van der Waals surface area contributed by atoms with E-state index in [1.165, 1.54) is 13.8 Å². The summed E-state index contributed by atoms with van der Waals surface area (Å²) in [6.07, 6.45) is 0. The number of aromatic nitrogens is 1. The van der Waals surface area contributed by atoms with E-state index >= 15 is 0 Å². The van der Waals surface area contributed by atoms with Gasteiger partial charge in [-0.3, -0.25) is 9.59 Å². The number of hydrogen-bond acceptors (Lipinski definition) is 5. The molecule has 0 fully saturated rings. The number of nitrogens with zero attached hydrogens (tertiary/aromatic N) is 1. The van der Waals surface area contributed by atoms with E-state index in [0.717, 1.165) is 11.3 Å². The molecule has 0 saturated carbocycles. The zero-order valence-corrected chi connectivity index (χ0v) is 10.3. The molecule has 94 valence electrons. The number of hydrogen-bond donors (Lipinski definition) is 4. The summed E-state index contributed by atoms with van der Waals surface area (Å²) >= 11 is 1.02. The van der Waals surface area contributed by atoms with Crippen molar-refractivity contribution in [3.63, 3.8) is 0 Å². The van der Waals surface area contributed by atoms with Crippen LogP contribution < -0.4 is 15.9 Å². The Balaban J connectivity index is 2.64. The molecule has 0 saturated heterocycles. The first-order chi connectivity index (χ1) is 7.87.